The number of aryl methyl sites for hydroxylation is 2. The second-order valence-corrected chi connectivity index (χ2v) is 13.9. The number of benzene rings is 2. The van der Waals surface area contributed by atoms with Crippen LogP contribution in [-0.4, -0.2) is 84.1 Å². The van der Waals surface area contributed by atoms with Crippen molar-refractivity contribution in [2.45, 2.75) is 75.7 Å². The largest absolute Gasteiger partial charge is 0.494 e. The Hall–Kier alpha value is -3.90. The molecule has 2 atom stereocenters. The van der Waals surface area contributed by atoms with E-state index in [1.807, 2.05) is 50.2 Å². The van der Waals surface area contributed by atoms with E-state index < -0.39 is 17.2 Å². The highest BCUT2D eigenvalue weighted by Gasteiger charge is 2.46. The van der Waals surface area contributed by atoms with Gasteiger partial charge in [-0.3, -0.25) is 9.69 Å². The molecule has 0 aliphatic carbocycles. The lowest BCUT2D eigenvalue weighted by atomic mass is 9.82. The quantitative estimate of drug-likeness (QED) is 0.326. The topological polar surface area (TPSA) is 85.9 Å². The Bertz CT molecular complexity index is 1670. The third-order valence-electron chi connectivity index (χ3n) is 10.6. The summed E-state index contributed by atoms with van der Waals surface area (Å²) in [6.07, 6.45) is 0.154. The molecule has 3 fully saturated rings. The number of hydrogen-bond acceptors (Lipinski definition) is 8. The fraction of sp³-hybridized carbons (Fsp3) is 0.514. The van der Waals surface area contributed by atoms with Gasteiger partial charge in [-0.25, -0.2) is 9.97 Å². The van der Waals surface area contributed by atoms with Gasteiger partial charge in [0.05, 0.1) is 29.5 Å². The van der Waals surface area contributed by atoms with Crippen LogP contribution in [0.2, 0.25) is 0 Å². The van der Waals surface area contributed by atoms with Crippen molar-refractivity contribution in [2.24, 2.45) is 0 Å². The average molecular weight is 650 g/mol. The van der Waals surface area contributed by atoms with Crippen LogP contribution in [0.15, 0.2) is 42.6 Å². The number of nitrogens with one attached hydrogen (secondary N) is 2. The van der Waals surface area contributed by atoms with E-state index in [-0.39, 0.29) is 30.4 Å². The molecule has 1 amide bonds. The molecule has 2 unspecified atom stereocenters. The minimum Gasteiger partial charge on any atom is -0.494 e. The van der Waals surface area contributed by atoms with Crippen molar-refractivity contribution in [1.29, 1.82) is 0 Å². The van der Waals surface area contributed by atoms with E-state index in [0.717, 1.165) is 55.6 Å². The van der Waals surface area contributed by atoms with Crippen molar-refractivity contribution in [1.82, 2.24) is 19.8 Å². The van der Waals surface area contributed by atoms with Crippen LogP contribution < -0.4 is 20.3 Å². The number of halogens is 3. The first-order valence-corrected chi connectivity index (χ1v) is 16.5. The number of piperidine rings is 1. The molecular weight excluding hydrogens is 607 g/mol. The number of likely N-dealkylation sites (tertiary alicyclic amines) is 2. The summed E-state index contributed by atoms with van der Waals surface area (Å²) < 4.78 is 47.9. The Morgan fingerprint density at radius 2 is 1.85 bits per heavy atom. The minimum absolute atomic E-state index is 0.0227. The van der Waals surface area contributed by atoms with E-state index in [4.69, 9.17) is 4.74 Å². The number of amides is 1. The molecule has 5 heterocycles. The normalized spacial score (nSPS) is 22.9. The van der Waals surface area contributed by atoms with Gasteiger partial charge >= 0.3 is 6.18 Å². The molecular formula is C35H42F3N7O2. The minimum atomic E-state index is -4.61. The van der Waals surface area contributed by atoms with Gasteiger partial charge in [0.2, 0.25) is 11.9 Å². The predicted molar refractivity (Wildman–Crippen MR) is 176 cm³/mol. The van der Waals surface area contributed by atoms with Crippen LogP contribution >= 0.6 is 0 Å². The maximum atomic E-state index is 14.1. The first-order valence-electron chi connectivity index (χ1n) is 16.5. The summed E-state index contributed by atoms with van der Waals surface area (Å²) in [6.45, 7) is 8.01. The van der Waals surface area contributed by atoms with Crippen molar-refractivity contribution in [3.05, 3.63) is 65.0 Å². The zero-order valence-electron chi connectivity index (χ0n) is 27.3. The smallest absolute Gasteiger partial charge is 0.419 e. The van der Waals surface area contributed by atoms with E-state index in [1.165, 1.54) is 12.8 Å². The van der Waals surface area contributed by atoms with Gasteiger partial charge in [-0.05, 0) is 95.4 Å². The lowest BCUT2D eigenvalue weighted by molar-refractivity contribution is -0.138. The highest BCUT2D eigenvalue weighted by Crippen LogP contribution is 2.42. The van der Waals surface area contributed by atoms with Crippen molar-refractivity contribution in [3.63, 3.8) is 0 Å². The number of ether oxygens (including phenoxy) is 1. The number of nitrogens with zero attached hydrogens (tertiary/aromatic N) is 5. The van der Waals surface area contributed by atoms with Gasteiger partial charge in [0, 0.05) is 54.9 Å². The Labute approximate surface area is 273 Å². The van der Waals surface area contributed by atoms with E-state index in [0.29, 0.717) is 35.2 Å². The maximum Gasteiger partial charge on any atom is 0.419 e. The van der Waals surface area contributed by atoms with Gasteiger partial charge in [0.1, 0.15) is 5.75 Å². The van der Waals surface area contributed by atoms with Crippen molar-refractivity contribution < 1.29 is 22.7 Å². The van der Waals surface area contributed by atoms with Crippen LogP contribution in [0.4, 0.5) is 36.2 Å². The second-order valence-electron chi connectivity index (χ2n) is 13.9. The number of aromatic nitrogens is 2. The molecule has 3 saturated heterocycles. The van der Waals surface area contributed by atoms with Crippen molar-refractivity contribution >= 4 is 28.9 Å². The average Bonchev–Trinajstić information content (AvgIpc) is 3.71. The molecule has 4 aliphatic rings. The zero-order chi connectivity index (χ0) is 33.1. The predicted octanol–water partition coefficient (Wildman–Crippen LogP) is 5.62. The molecule has 4 aliphatic heterocycles. The van der Waals surface area contributed by atoms with E-state index >= 15 is 0 Å². The Morgan fingerprint density at radius 1 is 1.06 bits per heavy atom. The van der Waals surface area contributed by atoms with Crippen LogP contribution in [0.5, 0.6) is 5.75 Å². The number of fused-ring (bicyclic) bond motifs is 3. The maximum absolute atomic E-state index is 14.1. The zero-order valence-corrected chi connectivity index (χ0v) is 27.3. The summed E-state index contributed by atoms with van der Waals surface area (Å²) in [5.74, 6) is 0.501. The molecule has 7 rings (SSSR count). The molecule has 0 spiro atoms. The summed E-state index contributed by atoms with van der Waals surface area (Å²) in [7, 11) is 3.78. The lowest BCUT2D eigenvalue weighted by Crippen LogP contribution is -2.53. The number of carbonyl (C=O) groups excluding carboxylic acids is 1. The van der Waals surface area contributed by atoms with Gasteiger partial charge in [-0.2, -0.15) is 13.2 Å². The Balaban J connectivity index is 1.08. The summed E-state index contributed by atoms with van der Waals surface area (Å²) in [5.41, 5.74) is 2.22. The Kier molecular flexibility index (Phi) is 8.07. The molecule has 1 aromatic heterocycles. The van der Waals surface area contributed by atoms with Gasteiger partial charge in [-0.1, -0.05) is 12.1 Å². The van der Waals surface area contributed by atoms with Crippen LogP contribution in [0, 0.1) is 0 Å². The van der Waals surface area contributed by atoms with E-state index in [1.54, 1.807) is 7.11 Å². The third-order valence-corrected chi connectivity index (χ3v) is 10.6. The fourth-order valence-electron chi connectivity index (χ4n) is 8.07. The first-order chi connectivity index (χ1) is 22.4. The number of anilines is 4. The van der Waals surface area contributed by atoms with Crippen LogP contribution in [0.25, 0.3) is 0 Å². The third kappa shape index (κ3) is 5.90. The first kappa shape index (κ1) is 31.7. The van der Waals surface area contributed by atoms with Gasteiger partial charge in [0.25, 0.3) is 0 Å². The Morgan fingerprint density at radius 3 is 2.55 bits per heavy atom. The van der Waals surface area contributed by atoms with Crippen molar-refractivity contribution in [2.75, 3.05) is 55.9 Å². The number of piperazine rings is 1. The molecule has 2 bridgehead atoms. The highest BCUT2D eigenvalue weighted by atomic mass is 19.4. The SMILES string of the molecule is COc1cc(N2CC3CC2CN3C2CCN(C)CC2)ccc1Nc1ncc(C(F)(F)F)c(CCc2cccc3c2C(C)(C)C(=O)N3)n1. The van der Waals surface area contributed by atoms with Crippen LogP contribution in [-0.2, 0) is 29.2 Å². The number of alkyl halides is 3. The molecule has 250 valence electrons. The summed E-state index contributed by atoms with van der Waals surface area (Å²) in [5, 5.41) is 5.99. The fourth-order valence-corrected chi connectivity index (χ4v) is 8.07. The summed E-state index contributed by atoms with van der Waals surface area (Å²) in [6, 6.07) is 13.1. The molecule has 12 heteroatoms. The molecule has 3 aromatic rings. The molecule has 2 N–H and O–H groups in total. The number of methoxy groups -OCH3 is 1. The van der Waals surface area contributed by atoms with Crippen LogP contribution in [0.1, 0.15) is 55.5 Å². The van der Waals surface area contributed by atoms with E-state index in [2.05, 4.69) is 42.3 Å². The summed E-state index contributed by atoms with van der Waals surface area (Å²) >= 11 is 0. The molecule has 47 heavy (non-hydrogen) atoms. The standard InChI is InChI=1S/C35H42F3N7O2/c1-34(2)31-21(6-5-7-29(31)40-32(34)46)8-10-27-26(35(36,37)38)18-39-33(41-27)42-28-11-9-23(17-30(28)47-4)45-20-24-16-25(45)19-44(24)22-12-14-43(3)15-13-22/h5-7,9,11,17-18,22,24-25H,8,10,12-16,19-20H2,1-4H3,(H,40,46)(H,39,41,42). The lowest BCUT2D eigenvalue weighted by Gasteiger charge is -2.42. The molecule has 9 nitrogen and oxygen atoms in total. The number of rotatable bonds is 8. The molecule has 0 saturated carbocycles. The highest BCUT2D eigenvalue weighted by molar-refractivity contribution is 6.06. The van der Waals surface area contributed by atoms with Gasteiger partial charge in [-0.15, -0.1) is 0 Å². The van der Waals surface area contributed by atoms with E-state index in [9.17, 15) is 18.0 Å². The second kappa shape index (κ2) is 12.0. The van der Waals surface area contributed by atoms with Gasteiger partial charge in [0.15, 0.2) is 0 Å². The van der Waals surface area contributed by atoms with Crippen molar-refractivity contribution in [3.8, 4) is 5.75 Å². The van der Waals surface area contributed by atoms with Gasteiger partial charge < -0.3 is 25.2 Å². The summed E-state index contributed by atoms with van der Waals surface area (Å²) in [4.78, 5) is 28.5. The molecule has 2 aromatic carbocycles. The monoisotopic (exact) mass is 649 g/mol. The van der Waals surface area contributed by atoms with Crippen LogP contribution in [0.3, 0.4) is 0 Å². The number of hydrogen-bond donors (Lipinski definition) is 2. The number of carbonyl (C=O) groups is 1. The molecule has 0 radical (unpaired) electrons.